The Morgan fingerprint density at radius 1 is 1.25 bits per heavy atom. The van der Waals surface area contributed by atoms with E-state index in [0.717, 1.165) is 10.9 Å². The maximum absolute atomic E-state index is 11.2. The molecule has 0 unspecified atom stereocenters. The van der Waals surface area contributed by atoms with Crippen molar-refractivity contribution in [3.8, 4) is 0 Å². The van der Waals surface area contributed by atoms with Crippen molar-refractivity contribution in [2.45, 2.75) is 6.92 Å². The van der Waals surface area contributed by atoms with Gasteiger partial charge >= 0.3 is 93.4 Å². The summed E-state index contributed by atoms with van der Waals surface area (Å²) >= 11 is -4.89. The van der Waals surface area contributed by atoms with Gasteiger partial charge in [0.15, 0.2) is 0 Å². The van der Waals surface area contributed by atoms with Gasteiger partial charge in [-0.1, -0.05) is 0 Å². The van der Waals surface area contributed by atoms with Crippen LogP contribution in [0.3, 0.4) is 0 Å². The predicted octanol–water partition coefficient (Wildman–Crippen LogP) is -0.602. The van der Waals surface area contributed by atoms with E-state index in [2.05, 4.69) is 4.98 Å². The van der Waals surface area contributed by atoms with Crippen LogP contribution in [-0.2, 0) is 3.74 Å². The van der Waals surface area contributed by atoms with Gasteiger partial charge in [-0.25, -0.2) is 0 Å². The van der Waals surface area contributed by atoms with Crippen molar-refractivity contribution in [1.29, 1.82) is 0 Å². The molecule has 0 aliphatic heterocycles. The topological polar surface area (TPSA) is 90.4 Å². The summed E-state index contributed by atoms with van der Waals surface area (Å²) in [5, 5.41) is 0.785. The van der Waals surface area contributed by atoms with Gasteiger partial charge in [-0.15, -0.1) is 0 Å². The van der Waals surface area contributed by atoms with Crippen molar-refractivity contribution in [2.24, 2.45) is 0 Å². The van der Waals surface area contributed by atoms with Crippen molar-refractivity contribution < 1.29 is 11.9 Å². The Balaban J connectivity index is 2.81. The molecule has 2 aromatic rings. The number of hydrogen-bond acceptors (Lipinski definition) is 2. The Bertz CT molecular complexity index is 655. The van der Waals surface area contributed by atoms with E-state index in [9.17, 15) is 8.53 Å². The van der Waals surface area contributed by atoms with E-state index in [1.54, 1.807) is 13.0 Å². The molecule has 0 saturated heterocycles. The van der Waals surface area contributed by atoms with Crippen molar-refractivity contribution in [1.82, 2.24) is 4.98 Å². The number of hydrogen-bond donors (Lipinski definition) is 3. The molecule has 0 amide bonds. The van der Waals surface area contributed by atoms with E-state index in [1.807, 2.05) is 0 Å². The van der Waals surface area contributed by atoms with Crippen molar-refractivity contribution >= 4 is 29.4 Å². The van der Waals surface area contributed by atoms with E-state index in [-0.39, 0.29) is 9.91 Å². The zero-order chi connectivity index (χ0) is 11.9. The van der Waals surface area contributed by atoms with Crippen molar-refractivity contribution in [2.75, 3.05) is 0 Å². The molecule has 6 heteroatoms. The first kappa shape index (κ1) is 11.2. The van der Waals surface area contributed by atoms with Crippen LogP contribution in [0.25, 0.3) is 10.9 Å². The molecule has 0 saturated carbocycles. The van der Waals surface area contributed by atoms with Crippen LogP contribution >= 0.6 is 0 Å². The summed E-state index contributed by atoms with van der Waals surface area (Å²) in [4.78, 5) is 13.8. The number of nitrogens with one attached hydrogen (secondary N) is 1. The van der Waals surface area contributed by atoms with Crippen molar-refractivity contribution in [3.05, 3.63) is 40.2 Å². The molecular weight excluding hydrogens is 273 g/mol. The number of H-pyrrole nitrogens is 1. The Kier molecular flexibility index (Phi) is 2.54. The maximum atomic E-state index is 11.2. The molecule has 84 valence electrons. The molecule has 3 N–H and O–H groups in total. The third-order valence-electron chi connectivity index (χ3n) is 2.37. The Labute approximate surface area is 93.7 Å². The van der Waals surface area contributed by atoms with Gasteiger partial charge in [0, 0.05) is 0 Å². The fraction of sp³-hybridized carbons (Fsp3) is 0.100. The van der Waals surface area contributed by atoms with Crippen LogP contribution < -0.4 is 9.91 Å². The molecule has 1 aromatic carbocycles. The molecule has 0 fully saturated rings. The van der Waals surface area contributed by atoms with Crippen LogP contribution in [0, 0.1) is 6.92 Å². The number of rotatable bonds is 1. The van der Waals surface area contributed by atoms with E-state index in [1.165, 1.54) is 18.2 Å². The summed E-state index contributed by atoms with van der Waals surface area (Å²) in [6.07, 6.45) is 0. The molecule has 0 aliphatic carbocycles. The average molecular weight is 283 g/mol. The first-order chi connectivity index (χ1) is 7.38. The van der Waals surface area contributed by atoms with Gasteiger partial charge in [0.05, 0.1) is 0 Å². The summed E-state index contributed by atoms with van der Waals surface area (Å²) in [6.45, 7) is 1.78. The number of aryl methyl sites for hydroxylation is 1. The zero-order valence-electron chi connectivity index (χ0n) is 8.47. The van der Waals surface area contributed by atoms with Gasteiger partial charge in [-0.2, -0.15) is 0 Å². The molecule has 5 nitrogen and oxygen atoms in total. The standard InChI is InChI=1S/C10H10AsNO4/c1-6-4-10(13)12-9-5-7(11(14,15)16)2-3-8(6)9/h2-5H,1H3,(H,12,13)(H2,14,15,16). The molecule has 1 aromatic heterocycles. The van der Waals surface area contributed by atoms with E-state index < -0.39 is 14.2 Å². The Morgan fingerprint density at radius 2 is 1.94 bits per heavy atom. The van der Waals surface area contributed by atoms with Crippen LogP contribution in [0.2, 0.25) is 0 Å². The van der Waals surface area contributed by atoms with Gasteiger partial charge in [0.1, 0.15) is 0 Å². The zero-order valence-corrected chi connectivity index (χ0v) is 10.3. The first-order valence-corrected chi connectivity index (χ1v) is 7.96. The summed E-state index contributed by atoms with van der Waals surface area (Å²) in [5.41, 5.74) is 0.954. The monoisotopic (exact) mass is 283 g/mol. The van der Waals surface area contributed by atoms with Crippen molar-refractivity contribution in [3.63, 3.8) is 0 Å². The number of pyridine rings is 1. The molecule has 0 bridgehead atoms. The van der Waals surface area contributed by atoms with Crippen LogP contribution in [-0.4, -0.2) is 27.3 Å². The van der Waals surface area contributed by atoms with Crippen LogP contribution in [0.4, 0.5) is 0 Å². The van der Waals surface area contributed by atoms with E-state index in [0.29, 0.717) is 5.52 Å². The SMILES string of the molecule is Cc1cc(=O)[nH]c2cc([As](=O)(O)O)ccc12. The summed E-state index contributed by atoms with van der Waals surface area (Å²) in [6, 6.07) is 5.79. The third kappa shape index (κ3) is 1.97. The molecule has 0 spiro atoms. The molecular formula is C10H10AsNO4. The van der Waals surface area contributed by atoms with Crippen LogP contribution in [0.15, 0.2) is 29.1 Å². The fourth-order valence-corrected chi connectivity index (χ4v) is 2.79. The first-order valence-electron chi connectivity index (χ1n) is 4.58. The summed E-state index contributed by atoms with van der Waals surface area (Å²) in [5.74, 6) is 0. The second-order valence-electron chi connectivity index (χ2n) is 3.59. The summed E-state index contributed by atoms with van der Waals surface area (Å²) in [7, 11) is 0. The number of benzene rings is 1. The second-order valence-corrected chi connectivity index (χ2v) is 6.96. The second kappa shape index (κ2) is 3.63. The van der Waals surface area contributed by atoms with Crippen LogP contribution in [0.1, 0.15) is 5.56 Å². The molecule has 0 radical (unpaired) electrons. The van der Waals surface area contributed by atoms with Gasteiger partial charge in [0.2, 0.25) is 0 Å². The molecule has 2 rings (SSSR count). The quantitative estimate of drug-likeness (QED) is 0.609. The number of aromatic amines is 1. The van der Waals surface area contributed by atoms with E-state index >= 15 is 0 Å². The number of fused-ring (bicyclic) bond motifs is 1. The number of aromatic nitrogens is 1. The summed E-state index contributed by atoms with van der Waals surface area (Å²) < 4.78 is 29.2. The minimum atomic E-state index is -4.89. The third-order valence-corrected chi connectivity index (χ3v) is 4.36. The van der Waals surface area contributed by atoms with Gasteiger partial charge < -0.3 is 0 Å². The molecule has 1 heterocycles. The normalized spacial score (nSPS) is 11.9. The average Bonchev–Trinajstić information content (AvgIpc) is 2.15. The minimum absolute atomic E-state index is 0.0353. The molecule has 16 heavy (non-hydrogen) atoms. The van der Waals surface area contributed by atoms with Gasteiger partial charge in [0.25, 0.3) is 0 Å². The van der Waals surface area contributed by atoms with Gasteiger partial charge in [-0.05, 0) is 0 Å². The Morgan fingerprint density at radius 3 is 2.56 bits per heavy atom. The predicted molar refractivity (Wildman–Crippen MR) is 59.8 cm³/mol. The van der Waals surface area contributed by atoms with E-state index in [4.69, 9.17) is 8.19 Å². The fourth-order valence-electron chi connectivity index (χ4n) is 1.60. The molecule has 0 atom stereocenters. The molecule has 0 aliphatic rings. The van der Waals surface area contributed by atoms with Crippen LogP contribution in [0.5, 0.6) is 0 Å². The van der Waals surface area contributed by atoms with Gasteiger partial charge in [-0.3, -0.25) is 0 Å². The Hall–Kier alpha value is -1.29.